The average Bonchev–Trinajstić information content (AvgIpc) is 3.45. The molecule has 0 aromatic carbocycles. The molecule has 2 aliphatic rings. The molecule has 13 nitrogen and oxygen atoms in total. The molecule has 31 heavy (non-hydrogen) atoms. The molecular weight excluding hydrogens is 431 g/mol. The number of carbonyl (C=O) groups is 1. The van der Waals surface area contributed by atoms with Gasteiger partial charge < -0.3 is 33.9 Å². The summed E-state index contributed by atoms with van der Waals surface area (Å²) in [6.45, 7) is 1.73. The molecule has 2 aromatic rings. The van der Waals surface area contributed by atoms with Gasteiger partial charge in [-0.2, -0.15) is 4.98 Å². The SMILES string of the molecule is COP(=O)(COC1(Cn2cnc3cnc(N)nc32)CC1)OCOC(=O)N1CCOCC1. The van der Waals surface area contributed by atoms with E-state index in [4.69, 9.17) is 29.0 Å². The van der Waals surface area contributed by atoms with Crippen molar-refractivity contribution in [3.63, 3.8) is 0 Å². The Balaban J connectivity index is 1.29. The summed E-state index contributed by atoms with van der Waals surface area (Å²) in [6, 6.07) is 0. The van der Waals surface area contributed by atoms with Crippen LogP contribution >= 0.6 is 7.60 Å². The number of morpholine rings is 1. The molecule has 14 heteroatoms. The maximum absolute atomic E-state index is 12.8. The van der Waals surface area contributed by atoms with Crippen LogP contribution in [0.4, 0.5) is 10.7 Å². The number of imidazole rings is 1. The maximum atomic E-state index is 12.8. The quantitative estimate of drug-likeness (QED) is 0.428. The van der Waals surface area contributed by atoms with Crippen LogP contribution < -0.4 is 5.73 Å². The summed E-state index contributed by atoms with van der Waals surface area (Å²) >= 11 is 0. The molecule has 4 rings (SSSR count). The van der Waals surface area contributed by atoms with Crippen LogP contribution in [0.15, 0.2) is 12.5 Å². The number of anilines is 1. The number of hydrogen-bond acceptors (Lipinski definition) is 11. The minimum atomic E-state index is -3.61. The van der Waals surface area contributed by atoms with Crippen molar-refractivity contribution in [1.82, 2.24) is 24.4 Å². The van der Waals surface area contributed by atoms with Gasteiger partial charge in [0, 0.05) is 20.2 Å². The number of hydrogen-bond donors (Lipinski definition) is 1. The third kappa shape index (κ3) is 5.31. The highest BCUT2D eigenvalue weighted by Gasteiger charge is 2.46. The van der Waals surface area contributed by atoms with Crippen LogP contribution in [0.3, 0.4) is 0 Å². The van der Waals surface area contributed by atoms with Crippen molar-refractivity contribution in [2.24, 2.45) is 0 Å². The highest BCUT2D eigenvalue weighted by molar-refractivity contribution is 7.53. The molecule has 2 N–H and O–H groups in total. The fourth-order valence-corrected chi connectivity index (χ4v) is 4.07. The molecule has 0 bridgehead atoms. The van der Waals surface area contributed by atoms with Gasteiger partial charge in [-0.1, -0.05) is 0 Å². The van der Waals surface area contributed by atoms with Gasteiger partial charge in [-0.15, -0.1) is 0 Å². The first-order chi connectivity index (χ1) is 14.9. The molecule has 2 fully saturated rings. The van der Waals surface area contributed by atoms with Gasteiger partial charge in [0.25, 0.3) is 0 Å². The van der Waals surface area contributed by atoms with E-state index in [0.29, 0.717) is 44.0 Å². The molecule has 1 saturated carbocycles. The zero-order valence-electron chi connectivity index (χ0n) is 17.1. The predicted molar refractivity (Wildman–Crippen MR) is 107 cm³/mol. The standard InChI is InChI=1S/C17H25N6O7P/c1-26-31(25,30-11-28-16(24)22-4-6-27-7-5-22)12-29-17(2-3-17)9-23-10-20-13-8-19-15(18)21-14(13)23/h8,10H,2-7,9,11-12H2,1H3,(H2,18,19,21). The van der Waals surface area contributed by atoms with Crippen molar-refractivity contribution < 1.29 is 32.6 Å². The van der Waals surface area contributed by atoms with E-state index in [0.717, 1.165) is 12.8 Å². The Labute approximate surface area is 178 Å². The van der Waals surface area contributed by atoms with Crippen LogP contribution in [-0.2, 0) is 34.4 Å². The van der Waals surface area contributed by atoms with E-state index in [2.05, 4.69) is 15.0 Å². The van der Waals surface area contributed by atoms with Crippen molar-refractivity contribution in [3.8, 4) is 0 Å². The molecule has 2 aromatic heterocycles. The molecule has 170 valence electrons. The Bertz CT molecular complexity index is 975. The van der Waals surface area contributed by atoms with Gasteiger partial charge in [0.2, 0.25) is 12.7 Å². The summed E-state index contributed by atoms with van der Waals surface area (Å²) < 4.78 is 41.1. The number of nitrogens with zero attached hydrogens (tertiary/aromatic N) is 5. The lowest BCUT2D eigenvalue weighted by molar-refractivity contribution is -0.00918. The number of aromatic nitrogens is 4. The Hall–Kier alpha value is -2.31. The highest BCUT2D eigenvalue weighted by atomic mass is 31.2. The van der Waals surface area contributed by atoms with Gasteiger partial charge >= 0.3 is 13.7 Å². The van der Waals surface area contributed by atoms with Crippen LogP contribution in [0.25, 0.3) is 11.2 Å². The van der Waals surface area contributed by atoms with Crippen molar-refractivity contribution in [1.29, 1.82) is 0 Å². The molecule has 1 amide bonds. The largest absolute Gasteiger partial charge is 0.422 e. The summed E-state index contributed by atoms with van der Waals surface area (Å²) in [6.07, 6.45) is 3.90. The smallest absolute Gasteiger partial charge is 0.412 e. The number of fused-ring (bicyclic) bond motifs is 1. The molecule has 1 unspecified atom stereocenters. The van der Waals surface area contributed by atoms with Gasteiger partial charge in [-0.05, 0) is 12.8 Å². The molecule has 1 atom stereocenters. The van der Waals surface area contributed by atoms with E-state index in [9.17, 15) is 9.36 Å². The topological polar surface area (TPSA) is 153 Å². The Kier molecular flexibility index (Phi) is 6.39. The van der Waals surface area contributed by atoms with Gasteiger partial charge in [0.1, 0.15) is 11.9 Å². The van der Waals surface area contributed by atoms with Crippen molar-refractivity contribution in [2.45, 2.75) is 25.0 Å². The number of rotatable bonds is 9. The van der Waals surface area contributed by atoms with E-state index in [1.165, 1.54) is 12.0 Å². The number of nitrogen functional groups attached to an aromatic ring is 1. The Morgan fingerprint density at radius 1 is 1.32 bits per heavy atom. The highest BCUT2D eigenvalue weighted by Crippen LogP contribution is 2.51. The van der Waals surface area contributed by atoms with Crippen molar-refractivity contribution in [3.05, 3.63) is 12.5 Å². The number of nitrogens with two attached hydrogens (primary N) is 1. The Morgan fingerprint density at radius 2 is 2.10 bits per heavy atom. The second-order valence-electron chi connectivity index (χ2n) is 7.32. The zero-order valence-corrected chi connectivity index (χ0v) is 18.0. The van der Waals surface area contributed by atoms with Gasteiger partial charge in [-0.25, -0.2) is 14.8 Å². The van der Waals surface area contributed by atoms with Crippen molar-refractivity contribution in [2.75, 3.05) is 52.3 Å². The third-order valence-corrected chi connectivity index (χ3v) is 6.65. The van der Waals surface area contributed by atoms with Gasteiger partial charge in [0.15, 0.2) is 5.65 Å². The van der Waals surface area contributed by atoms with E-state index in [1.807, 2.05) is 4.57 Å². The van der Waals surface area contributed by atoms with E-state index in [1.54, 1.807) is 12.5 Å². The van der Waals surface area contributed by atoms with Gasteiger partial charge in [-0.3, -0.25) is 9.09 Å². The van der Waals surface area contributed by atoms with Crippen LogP contribution in [0.1, 0.15) is 12.8 Å². The van der Waals surface area contributed by atoms with Crippen LogP contribution in [0.2, 0.25) is 0 Å². The summed E-state index contributed by atoms with van der Waals surface area (Å²) in [5.74, 6) is 0.156. The molecule has 0 radical (unpaired) electrons. The van der Waals surface area contributed by atoms with E-state index < -0.39 is 26.1 Å². The first-order valence-electron chi connectivity index (χ1n) is 9.78. The molecular formula is C17H25N6O7P. The van der Waals surface area contributed by atoms with Crippen LogP contribution in [-0.4, -0.2) is 82.7 Å². The minimum absolute atomic E-state index is 0.156. The van der Waals surface area contributed by atoms with E-state index >= 15 is 0 Å². The molecule has 1 aliphatic heterocycles. The lowest BCUT2D eigenvalue weighted by Gasteiger charge is -2.26. The summed E-state index contributed by atoms with van der Waals surface area (Å²) in [7, 11) is -2.35. The van der Waals surface area contributed by atoms with Crippen LogP contribution in [0.5, 0.6) is 0 Å². The van der Waals surface area contributed by atoms with Crippen molar-refractivity contribution >= 4 is 30.8 Å². The maximum Gasteiger partial charge on any atom is 0.412 e. The average molecular weight is 456 g/mol. The summed E-state index contributed by atoms with van der Waals surface area (Å²) in [5, 5.41) is 0. The number of carbonyl (C=O) groups excluding carboxylic acids is 1. The summed E-state index contributed by atoms with van der Waals surface area (Å²) in [4.78, 5) is 25.9. The molecule has 0 spiro atoms. The van der Waals surface area contributed by atoms with Gasteiger partial charge in [0.05, 0.1) is 37.9 Å². The zero-order chi connectivity index (χ0) is 21.9. The lowest BCUT2D eigenvalue weighted by atomic mass is 10.3. The second kappa shape index (κ2) is 9.05. The molecule has 1 saturated heterocycles. The molecule has 1 aliphatic carbocycles. The normalized spacial score (nSPS) is 19.8. The van der Waals surface area contributed by atoms with E-state index in [-0.39, 0.29) is 12.3 Å². The number of ether oxygens (including phenoxy) is 3. The predicted octanol–water partition coefficient (Wildman–Crippen LogP) is 1.20. The number of amides is 1. The first kappa shape index (κ1) is 21.9. The second-order valence-corrected chi connectivity index (χ2v) is 9.42. The fourth-order valence-electron chi connectivity index (χ4n) is 3.14. The first-order valence-corrected chi connectivity index (χ1v) is 11.5. The monoisotopic (exact) mass is 456 g/mol. The Morgan fingerprint density at radius 3 is 2.81 bits per heavy atom. The minimum Gasteiger partial charge on any atom is -0.422 e. The molecule has 3 heterocycles. The lowest BCUT2D eigenvalue weighted by Crippen LogP contribution is -2.41. The van der Waals surface area contributed by atoms with Crippen LogP contribution in [0, 0.1) is 0 Å². The fraction of sp³-hybridized carbons (Fsp3) is 0.647. The summed E-state index contributed by atoms with van der Waals surface area (Å²) in [5.41, 5.74) is 6.36. The third-order valence-electron chi connectivity index (χ3n) is 5.15.